The summed E-state index contributed by atoms with van der Waals surface area (Å²) in [5, 5.41) is 22.6. The average Bonchev–Trinajstić information content (AvgIpc) is 2.43. The van der Waals surface area contributed by atoms with Crippen LogP contribution in [0.3, 0.4) is 0 Å². The maximum Gasteiger partial charge on any atom is 0.407 e. The Morgan fingerprint density at radius 3 is 1.35 bits per heavy atom. The Morgan fingerprint density at radius 2 is 1.13 bits per heavy atom. The van der Waals surface area contributed by atoms with E-state index >= 15 is 0 Å². The van der Waals surface area contributed by atoms with E-state index in [1.807, 2.05) is 41.5 Å². The van der Waals surface area contributed by atoms with Crippen LogP contribution in [-0.2, 0) is 0 Å². The summed E-state index contributed by atoms with van der Waals surface area (Å²) in [5.41, 5.74) is -0.789. The summed E-state index contributed by atoms with van der Waals surface area (Å²) in [6, 6.07) is -0.869. The smallest absolute Gasteiger partial charge is 0.407 e. The highest BCUT2D eigenvalue weighted by atomic mass is 16.4. The lowest BCUT2D eigenvalue weighted by molar-refractivity contribution is -0.0137. The van der Waals surface area contributed by atoms with Gasteiger partial charge in [0, 0.05) is 26.2 Å². The minimum atomic E-state index is -1.01. The number of rotatable bonds is 0. The minimum absolute atomic E-state index is 0.345. The molecule has 23 heavy (non-hydrogen) atoms. The van der Waals surface area contributed by atoms with E-state index in [-0.39, 0.29) is 0 Å². The molecule has 1 rings (SSSR count). The summed E-state index contributed by atoms with van der Waals surface area (Å²) < 4.78 is 0. The zero-order chi connectivity index (χ0) is 18.0. The molecule has 3 N–H and O–H groups in total. The van der Waals surface area contributed by atoms with Crippen LogP contribution in [0.25, 0.3) is 0 Å². The maximum atomic E-state index is 11.9. The van der Waals surface area contributed by atoms with Gasteiger partial charge in [-0.25, -0.2) is 9.59 Å². The van der Waals surface area contributed by atoms with Gasteiger partial charge in [-0.1, -0.05) is 41.5 Å². The topological polar surface area (TPSA) is 93.1 Å². The van der Waals surface area contributed by atoms with Gasteiger partial charge >= 0.3 is 12.2 Å². The van der Waals surface area contributed by atoms with Crippen LogP contribution in [0, 0.1) is 10.8 Å². The minimum Gasteiger partial charge on any atom is -0.465 e. The number of hydrogen-bond acceptors (Lipinski definition) is 3. The first-order valence-corrected chi connectivity index (χ1v) is 8.07. The van der Waals surface area contributed by atoms with Crippen LogP contribution in [0.2, 0.25) is 0 Å². The largest absolute Gasteiger partial charge is 0.465 e. The molecule has 0 saturated carbocycles. The fourth-order valence-electron chi connectivity index (χ4n) is 3.45. The summed E-state index contributed by atoms with van der Waals surface area (Å²) in [7, 11) is 0. The monoisotopic (exact) mass is 329 g/mol. The molecular weight excluding hydrogens is 298 g/mol. The molecule has 2 atom stereocenters. The molecule has 0 aromatic heterocycles. The molecule has 0 aliphatic carbocycles. The second kappa shape index (κ2) is 6.95. The van der Waals surface area contributed by atoms with Crippen molar-refractivity contribution in [2.75, 3.05) is 26.2 Å². The summed E-state index contributed by atoms with van der Waals surface area (Å²) in [4.78, 5) is 26.6. The summed E-state index contributed by atoms with van der Waals surface area (Å²) in [6.45, 7) is 13.5. The third-order valence-corrected chi connectivity index (χ3v) is 4.30. The van der Waals surface area contributed by atoms with E-state index < -0.39 is 35.1 Å². The third-order valence-electron chi connectivity index (χ3n) is 4.30. The SMILES string of the molecule is CC(C)(C)C1C(C(C)(C)C)N(C(=O)O)CCNCCN1C(=O)O. The molecule has 2 amide bonds. The van der Waals surface area contributed by atoms with Crippen molar-refractivity contribution in [3.8, 4) is 0 Å². The van der Waals surface area contributed by atoms with Crippen LogP contribution in [0.1, 0.15) is 41.5 Å². The van der Waals surface area contributed by atoms with Crippen molar-refractivity contribution in [3.63, 3.8) is 0 Å². The van der Waals surface area contributed by atoms with Crippen LogP contribution in [0.15, 0.2) is 0 Å². The molecule has 2 unspecified atom stereocenters. The quantitative estimate of drug-likeness (QED) is 0.634. The van der Waals surface area contributed by atoms with Crippen LogP contribution in [0.5, 0.6) is 0 Å². The highest BCUT2D eigenvalue weighted by molar-refractivity contribution is 5.68. The van der Waals surface area contributed by atoms with Gasteiger partial charge in [-0.3, -0.25) is 0 Å². The standard InChI is InChI=1S/C16H31N3O4/c1-15(2,3)11-12(16(4,5)6)19(14(22)23)10-8-17-7-9-18(11)13(20)21/h11-12,17H,7-10H2,1-6H3,(H,20,21)(H,22,23). The van der Waals surface area contributed by atoms with E-state index in [1.165, 1.54) is 9.80 Å². The van der Waals surface area contributed by atoms with Crippen LogP contribution in [-0.4, -0.2) is 70.5 Å². The zero-order valence-corrected chi connectivity index (χ0v) is 15.1. The highest BCUT2D eigenvalue weighted by Gasteiger charge is 2.48. The van der Waals surface area contributed by atoms with Crippen molar-refractivity contribution in [2.24, 2.45) is 10.8 Å². The van der Waals surface area contributed by atoms with Gasteiger partial charge in [0.15, 0.2) is 0 Å². The molecule has 0 aromatic carbocycles. The molecular formula is C16H31N3O4. The van der Waals surface area contributed by atoms with Crippen molar-refractivity contribution < 1.29 is 19.8 Å². The van der Waals surface area contributed by atoms with Gasteiger partial charge in [0.25, 0.3) is 0 Å². The predicted molar refractivity (Wildman–Crippen MR) is 88.8 cm³/mol. The van der Waals surface area contributed by atoms with E-state index in [9.17, 15) is 19.8 Å². The van der Waals surface area contributed by atoms with Crippen LogP contribution < -0.4 is 5.32 Å². The molecule has 1 heterocycles. The Bertz CT molecular complexity index is 400. The summed E-state index contributed by atoms with van der Waals surface area (Å²) in [6.07, 6.45) is -2.01. The fourth-order valence-corrected chi connectivity index (χ4v) is 3.45. The Labute approximate surface area is 138 Å². The normalized spacial score (nSPS) is 24.6. The van der Waals surface area contributed by atoms with E-state index in [0.29, 0.717) is 26.2 Å². The molecule has 1 aliphatic heterocycles. The Kier molecular flexibility index (Phi) is 5.90. The first-order valence-electron chi connectivity index (χ1n) is 8.07. The van der Waals surface area contributed by atoms with Gasteiger partial charge in [-0.15, -0.1) is 0 Å². The number of amides is 2. The number of nitrogens with one attached hydrogen (secondary N) is 1. The summed E-state index contributed by atoms with van der Waals surface area (Å²) in [5.74, 6) is 0. The van der Waals surface area contributed by atoms with Crippen LogP contribution >= 0.6 is 0 Å². The van der Waals surface area contributed by atoms with Crippen LogP contribution in [0.4, 0.5) is 9.59 Å². The third kappa shape index (κ3) is 4.73. The van der Waals surface area contributed by atoms with E-state index in [4.69, 9.17) is 0 Å². The van der Waals surface area contributed by atoms with Gasteiger partial charge in [0.1, 0.15) is 0 Å². The van der Waals surface area contributed by atoms with Crippen molar-refractivity contribution >= 4 is 12.2 Å². The van der Waals surface area contributed by atoms with Crippen molar-refractivity contribution in [1.29, 1.82) is 0 Å². The maximum absolute atomic E-state index is 11.9. The van der Waals surface area contributed by atoms with Gasteiger partial charge in [-0.05, 0) is 10.8 Å². The molecule has 7 heteroatoms. The first kappa shape index (κ1) is 19.5. The van der Waals surface area contributed by atoms with E-state index in [0.717, 1.165) is 0 Å². The van der Waals surface area contributed by atoms with Gasteiger partial charge in [0.05, 0.1) is 12.1 Å². The first-order chi connectivity index (χ1) is 10.4. The van der Waals surface area contributed by atoms with Crippen molar-refractivity contribution in [2.45, 2.75) is 53.6 Å². The second-order valence-corrected chi connectivity index (χ2v) is 8.32. The molecule has 1 fully saturated rings. The predicted octanol–water partition coefficient (Wildman–Crippen LogP) is 2.38. The second-order valence-electron chi connectivity index (χ2n) is 8.32. The number of nitrogens with zero attached hydrogens (tertiary/aromatic N) is 2. The van der Waals surface area contributed by atoms with Gasteiger partial charge in [-0.2, -0.15) is 0 Å². The zero-order valence-electron chi connectivity index (χ0n) is 15.1. The Hall–Kier alpha value is -1.50. The number of carbonyl (C=O) groups is 2. The van der Waals surface area contributed by atoms with E-state index in [2.05, 4.69) is 5.32 Å². The van der Waals surface area contributed by atoms with E-state index in [1.54, 1.807) is 0 Å². The molecule has 0 radical (unpaired) electrons. The molecule has 7 nitrogen and oxygen atoms in total. The molecule has 0 aromatic rings. The Balaban J connectivity index is 3.50. The number of carboxylic acid groups (broad SMARTS) is 2. The van der Waals surface area contributed by atoms with Crippen molar-refractivity contribution in [1.82, 2.24) is 15.1 Å². The highest BCUT2D eigenvalue weighted by Crippen LogP contribution is 2.38. The number of hydrogen-bond donors (Lipinski definition) is 3. The fraction of sp³-hybridized carbons (Fsp3) is 0.875. The average molecular weight is 329 g/mol. The lowest BCUT2D eigenvalue weighted by Crippen LogP contribution is -2.64. The van der Waals surface area contributed by atoms with Crippen molar-refractivity contribution in [3.05, 3.63) is 0 Å². The molecule has 1 aliphatic rings. The molecule has 1 saturated heterocycles. The Morgan fingerprint density at radius 1 is 0.826 bits per heavy atom. The molecule has 0 spiro atoms. The lowest BCUT2D eigenvalue weighted by Gasteiger charge is -2.51. The molecule has 0 bridgehead atoms. The van der Waals surface area contributed by atoms with Gasteiger partial charge < -0.3 is 25.3 Å². The summed E-state index contributed by atoms with van der Waals surface area (Å²) >= 11 is 0. The lowest BCUT2D eigenvalue weighted by atomic mass is 9.71. The molecule has 134 valence electrons. The van der Waals surface area contributed by atoms with Gasteiger partial charge in [0.2, 0.25) is 0 Å².